The second-order valence-electron chi connectivity index (χ2n) is 4.25. The second-order valence-corrected chi connectivity index (χ2v) is 4.69. The fraction of sp³-hybridized carbons (Fsp3) is 0.188. The lowest BCUT2D eigenvalue weighted by Crippen LogP contribution is -2.23. The monoisotopic (exact) mass is 289 g/mol. The highest BCUT2D eigenvalue weighted by Gasteiger charge is 2.21. The van der Waals surface area contributed by atoms with Crippen LogP contribution in [0.15, 0.2) is 54.6 Å². The lowest BCUT2D eigenvalue weighted by molar-refractivity contribution is -0.144. The van der Waals surface area contributed by atoms with Crippen molar-refractivity contribution in [3.05, 3.63) is 65.2 Å². The molecule has 0 aliphatic heterocycles. The van der Waals surface area contributed by atoms with Crippen molar-refractivity contribution in [2.45, 2.75) is 13.0 Å². The standard InChI is InChI=1S/C16H16ClNO2/c1-2-20-16(19)15(12-7-4-3-5-8-12)18-14-10-6-9-13(17)11-14/h3-11,15,18H,2H2,1H3. The Morgan fingerprint density at radius 3 is 2.60 bits per heavy atom. The molecule has 2 rings (SSSR count). The summed E-state index contributed by atoms with van der Waals surface area (Å²) in [6.07, 6.45) is 0. The number of carbonyl (C=O) groups excluding carboxylic acids is 1. The third kappa shape index (κ3) is 3.75. The minimum Gasteiger partial charge on any atom is -0.464 e. The maximum atomic E-state index is 12.1. The Hall–Kier alpha value is -2.00. The first-order valence-electron chi connectivity index (χ1n) is 6.44. The number of carbonyl (C=O) groups is 1. The average Bonchev–Trinajstić information content (AvgIpc) is 2.46. The van der Waals surface area contributed by atoms with Crippen molar-refractivity contribution in [1.29, 1.82) is 0 Å². The van der Waals surface area contributed by atoms with Crippen molar-refractivity contribution in [2.75, 3.05) is 11.9 Å². The summed E-state index contributed by atoms with van der Waals surface area (Å²) in [6.45, 7) is 2.14. The van der Waals surface area contributed by atoms with Crippen LogP contribution in [0.2, 0.25) is 5.02 Å². The maximum Gasteiger partial charge on any atom is 0.333 e. The zero-order valence-corrected chi connectivity index (χ0v) is 11.9. The number of hydrogen-bond donors (Lipinski definition) is 1. The Bertz CT molecular complexity index is 572. The molecule has 2 aromatic carbocycles. The quantitative estimate of drug-likeness (QED) is 0.844. The number of anilines is 1. The Kier molecular flexibility index (Phi) is 5.02. The Morgan fingerprint density at radius 2 is 1.95 bits per heavy atom. The van der Waals surface area contributed by atoms with Gasteiger partial charge in [0.15, 0.2) is 6.04 Å². The third-order valence-electron chi connectivity index (χ3n) is 2.79. The van der Waals surface area contributed by atoms with Gasteiger partial charge < -0.3 is 10.1 Å². The zero-order valence-electron chi connectivity index (χ0n) is 11.2. The smallest absolute Gasteiger partial charge is 0.333 e. The van der Waals surface area contributed by atoms with Gasteiger partial charge in [0.05, 0.1) is 6.61 Å². The summed E-state index contributed by atoms with van der Waals surface area (Å²) in [5.74, 6) is -0.307. The highest BCUT2D eigenvalue weighted by molar-refractivity contribution is 6.30. The third-order valence-corrected chi connectivity index (χ3v) is 3.03. The van der Waals surface area contributed by atoms with Crippen molar-refractivity contribution < 1.29 is 9.53 Å². The molecule has 0 saturated heterocycles. The predicted octanol–water partition coefficient (Wildman–Crippen LogP) is 4.06. The van der Waals surface area contributed by atoms with Crippen molar-refractivity contribution in [2.24, 2.45) is 0 Å². The number of benzene rings is 2. The Morgan fingerprint density at radius 1 is 1.20 bits per heavy atom. The number of nitrogens with one attached hydrogen (secondary N) is 1. The van der Waals surface area contributed by atoms with E-state index in [2.05, 4.69) is 5.32 Å². The van der Waals surface area contributed by atoms with E-state index in [0.29, 0.717) is 11.6 Å². The summed E-state index contributed by atoms with van der Waals surface area (Å²) in [5, 5.41) is 3.78. The van der Waals surface area contributed by atoms with Crippen LogP contribution in [0.1, 0.15) is 18.5 Å². The van der Waals surface area contributed by atoms with E-state index in [1.165, 1.54) is 0 Å². The molecule has 3 nitrogen and oxygen atoms in total. The van der Waals surface area contributed by atoms with Gasteiger partial charge >= 0.3 is 5.97 Å². The lowest BCUT2D eigenvalue weighted by Gasteiger charge is -2.19. The molecule has 0 spiro atoms. The predicted molar refractivity (Wildman–Crippen MR) is 80.9 cm³/mol. The summed E-state index contributed by atoms with van der Waals surface area (Å²) in [7, 11) is 0. The molecule has 1 N–H and O–H groups in total. The molecule has 104 valence electrons. The van der Waals surface area contributed by atoms with Gasteiger partial charge in [0, 0.05) is 10.7 Å². The molecule has 4 heteroatoms. The minimum atomic E-state index is -0.547. The van der Waals surface area contributed by atoms with E-state index < -0.39 is 6.04 Å². The van der Waals surface area contributed by atoms with Gasteiger partial charge in [-0.05, 0) is 30.7 Å². The number of halogens is 1. The van der Waals surface area contributed by atoms with Gasteiger partial charge in [-0.1, -0.05) is 48.0 Å². The Labute approximate surface area is 123 Å². The molecule has 0 aliphatic carbocycles. The molecular weight excluding hydrogens is 274 g/mol. The first-order chi connectivity index (χ1) is 9.70. The number of hydrogen-bond acceptors (Lipinski definition) is 3. The van der Waals surface area contributed by atoms with E-state index in [-0.39, 0.29) is 5.97 Å². The second kappa shape index (κ2) is 6.96. The van der Waals surface area contributed by atoms with Crippen molar-refractivity contribution in [3.8, 4) is 0 Å². The maximum absolute atomic E-state index is 12.1. The van der Waals surface area contributed by atoms with E-state index in [9.17, 15) is 4.79 Å². The van der Waals surface area contributed by atoms with Crippen LogP contribution in [0, 0.1) is 0 Å². The molecule has 0 fully saturated rings. The molecule has 0 heterocycles. The molecule has 0 aromatic heterocycles. The van der Waals surface area contributed by atoms with Gasteiger partial charge in [-0.25, -0.2) is 4.79 Å². The van der Waals surface area contributed by atoms with Gasteiger partial charge in [-0.2, -0.15) is 0 Å². The van der Waals surface area contributed by atoms with Crippen molar-refractivity contribution in [1.82, 2.24) is 0 Å². The van der Waals surface area contributed by atoms with Crippen LogP contribution in [0.4, 0.5) is 5.69 Å². The Balaban J connectivity index is 2.25. The SMILES string of the molecule is CCOC(=O)C(Nc1cccc(Cl)c1)c1ccccc1. The molecule has 2 aromatic rings. The molecule has 0 bridgehead atoms. The number of rotatable bonds is 5. The fourth-order valence-electron chi connectivity index (χ4n) is 1.89. The van der Waals surface area contributed by atoms with Crippen LogP contribution in [-0.4, -0.2) is 12.6 Å². The average molecular weight is 290 g/mol. The first-order valence-corrected chi connectivity index (χ1v) is 6.82. The molecule has 0 saturated carbocycles. The summed E-state index contributed by atoms with van der Waals surface area (Å²) in [5.41, 5.74) is 1.63. The van der Waals surface area contributed by atoms with Gasteiger partial charge in [0.25, 0.3) is 0 Å². The van der Waals surface area contributed by atoms with Gasteiger partial charge in [-0.3, -0.25) is 0 Å². The largest absolute Gasteiger partial charge is 0.464 e. The van der Waals surface area contributed by atoms with Crippen LogP contribution in [0.3, 0.4) is 0 Å². The van der Waals surface area contributed by atoms with Gasteiger partial charge in [0.1, 0.15) is 0 Å². The topological polar surface area (TPSA) is 38.3 Å². The molecule has 0 amide bonds. The van der Waals surface area contributed by atoms with Crippen LogP contribution in [0.25, 0.3) is 0 Å². The number of ether oxygens (including phenoxy) is 1. The van der Waals surface area contributed by atoms with E-state index in [1.807, 2.05) is 42.5 Å². The summed E-state index contributed by atoms with van der Waals surface area (Å²) in [6, 6.07) is 16.2. The highest BCUT2D eigenvalue weighted by atomic mass is 35.5. The summed E-state index contributed by atoms with van der Waals surface area (Å²) in [4.78, 5) is 12.1. The molecule has 1 unspecified atom stereocenters. The summed E-state index contributed by atoms with van der Waals surface area (Å²) < 4.78 is 5.13. The van der Waals surface area contributed by atoms with Crippen LogP contribution >= 0.6 is 11.6 Å². The van der Waals surface area contributed by atoms with E-state index in [4.69, 9.17) is 16.3 Å². The van der Waals surface area contributed by atoms with Gasteiger partial charge in [-0.15, -0.1) is 0 Å². The van der Waals surface area contributed by atoms with Gasteiger partial charge in [0.2, 0.25) is 0 Å². The van der Waals surface area contributed by atoms with Crippen molar-refractivity contribution in [3.63, 3.8) is 0 Å². The normalized spacial score (nSPS) is 11.7. The lowest BCUT2D eigenvalue weighted by atomic mass is 10.1. The molecule has 0 aliphatic rings. The van der Waals surface area contributed by atoms with E-state index in [0.717, 1.165) is 11.3 Å². The molecular formula is C16H16ClNO2. The molecule has 20 heavy (non-hydrogen) atoms. The van der Waals surface area contributed by atoms with E-state index in [1.54, 1.807) is 19.1 Å². The van der Waals surface area contributed by atoms with Crippen LogP contribution in [-0.2, 0) is 9.53 Å². The molecule has 0 radical (unpaired) electrons. The van der Waals surface area contributed by atoms with Crippen LogP contribution in [0.5, 0.6) is 0 Å². The fourth-order valence-corrected chi connectivity index (χ4v) is 2.08. The van der Waals surface area contributed by atoms with Crippen LogP contribution < -0.4 is 5.32 Å². The number of esters is 1. The minimum absolute atomic E-state index is 0.307. The highest BCUT2D eigenvalue weighted by Crippen LogP contribution is 2.23. The van der Waals surface area contributed by atoms with E-state index >= 15 is 0 Å². The van der Waals surface area contributed by atoms with Crippen molar-refractivity contribution >= 4 is 23.3 Å². The zero-order chi connectivity index (χ0) is 14.4. The summed E-state index contributed by atoms with van der Waals surface area (Å²) >= 11 is 5.96. The molecule has 1 atom stereocenters. The first kappa shape index (κ1) is 14.4.